The number of hydrogen-bond acceptors (Lipinski definition) is 6. The van der Waals surface area contributed by atoms with Crippen LogP contribution in [0.4, 0.5) is 32.0 Å². The fraction of sp³-hybridized carbons (Fsp3) is 0.276. The fourth-order valence-electron chi connectivity index (χ4n) is 4.41. The molecule has 1 amide bonds. The first-order valence-electron chi connectivity index (χ1n) is 12.9. The van der Waals surface area contributed by atoms with Crippen LogP contribution in [0, 0.1) is 0 Å². The Hall–Kier alpha value is -4.23. The number of morpholine rings is 1. The quantitative estimate of drug-likeness (QED) is 0.314. The molecule has 0 atom stereocenters. The van der Waals surface area contributed by atoms with E-state index in [1.165, 1.54) is 6.07 Å². The van der Waals surface area contributed by atoms with E-state index in [-0.39, 0.29) is 28.7 Å². The van der Waals surface area contributed by atoms with Crippen LogP contribution in [-0.4, -0.2) is 50.2 Å². The Balaban J connectivity index is 1.59. The van der Waals surface area contributed by atoms with Gasteiger partial charge in [0.25, 0.3) is 5.91 Å². The van der Waals surface area contributed by atoms with Crippen LogP contribution in [0.5, 0.6) is 0 Å². The second-order valence-corrected chi connectivity index (χ2v) is 9.58. The van der Waals surface area contributed by atoms with Crippen molar-refractivity contribution >= 4 is 23.1 Å². The van der Waals surface area contributed by atoms with E-state index in [0.29, 0.717) is 54.8 Å². The highest BCUT2D eigenvalue weighted by atomic mass is 19.4. The second-order valence-electron chi connectivity index (χ2n) is 9.58. The molecular weight excluding hydrogens is 564 g/mol. The van der Waals surface area contributed by atoms with Crippen LogP contribution in [0.1, 0.15) is 27.0 Å². The summed E-state index contributed by atoms with van der Waals surface area (Å²) in [6.45, 7) is 4.13. The molecule has 3 aromatic carbocycles. The van der Waals surface area contributed by atoms with Crippen molar-refractivity contribution in [2.24, 2.45) is 11.5 Å². The zero-order chi connectivity index (χ0) is 30.5. The van der Waals surface area contributed by atoms with Gasteiger partial charge in [0.15, 0.2) is 0 Å². The van der Waals surface area contributed by atoms with Crippen molar-refractivity contribution < 1.29 is 35.9 Å². The zero-order valence-corrected chi connectivity index (χ0v) is 22.3. The standard InChI is InChI=1S/C29H29F6N5O2/c30-28(31,32)20-15-21(29(33,34)35)17-22(16-20)39-26(37)24-4-2-1-3-23(24)25(36)18-5-7-19(8-6-18)27(41)38-9-10-40-11-13-42-14-12-40/h1-8,15-17,39H,9-14,36-37H2,(H,38,41)/b25-23-,26-24+. The molecule has 4 rings (SSSR count). The minimum Gasteiger partial charge on any atom is -0.398 e. The third-order valence-corrected chi connectivity index (χ3v) is 6.65. The molecule has 224 valence electrons. The molecule has 0 spiro atoms. The number of halogens is 6. The van der Waals surface area contributed by atoms with Crippen LogP contribution in [0.25, 0.3) is 11.5 Å². The predicted molar refractivity (Wildman–Crippen MR) is 146 cm³/mol. The minimum atomic E-state index is -5.01. The van der Waals surface area contributed by atoms with Crippen molar-refractivity contribution in [1.82, 2.24) is 10.2 Å². The van der Waals surface area contributed by atoms with Gasteiger partial charge >= 0.3 is 12.4 Å². The van der Waals surface area contributed by atoms with Gasteiger partial charge in [0, 0.05) is 53.6 Å². The molecular formula is C29H29F6N5O2. The summed E-state index contributed by atoms with van der Waals surface area (Å²) >= 11 is 0. The average Bonchev–Trinajstić information content (AvgIpc) is 2.96. The third kappa shape index (κ3) is 7.74. The molecule has 0 saturated carbocycles. The molecule has 1 heterocycles. The second kappa shape index (κ2) is 12.7. The van der Waals surface area contributed by atoms with Gasteiger partial charge in [-0.25, -0.2) is 0 Å². The third-order valence-electron chi connectivity index (χ3n) is 6.65. The highest BCUT2D eigenvalue weighted by molar-refractivity contribution is 5.94. The van der Waals surface area contributed by atoms with Crippen molar-refractivity contribution in [2.45, 2.75) is 12.4 Å². The van der Waals surface area contributed by atoms with Gasteiger partial charge in [-0.15, -0.1) is 0 Å². The number of ether oxygens (including phenoxy) is 1. The Kier molecular flexibility index (Phi) is 9.32. The van der Waals surface area contributed by atoms with Crippen LogP contribution in [0.2, 0.25) is 0 Å². The maximum Gasteiger partial charge on any atom is 0.416 e. The fourth-order valence-corrected chi connectivity index (χ4v) is 4.41. The molecule has 42 heavy (non-hydrogen) atoms. The van der Waals surface area contributed by atoms with Crippen molar-refractivity contribution in [3.8, 4) is 0 Å². The molecule has 0 aliphatic carbocycles. The molecule has 0 aromatic heterocycles. The van der Waals surface area contributed by atoms with Gasteiger partial charge in [0.1, 0.15) is 5.82 Å². The Morgan fingerprint density at radius 2 is 1.36 bits per heavy atom. The van der Waals surface area contributed by atoms with Crippen LogP contribution in [0.3, 0.4) is 0 Å². The normalized spacial score (nSPS) is 16.0. The molecule has 6 N–H and O–H groups in total. The van der Waals surface area contributed by atoms with E-state index < -0.39 is 29.2 Å². The number of anilines is 1. The van der Waals surface area contributed by atoms with E-state index in [1.807, 2.05) is 0 Å². The van der Waals surface area contributed by atoms with E-state index in [0.717, 1.165) is 13.1 Å². The summed E-state index contributed by atoms with van der Waals surface area (Å²) in [4.78, 5) is 14.8. The number of amides is 1. The number of alkyl halides is 6. The van der Waals surface area contributed by atoms with Crippen LogP contribution < -0.4 is 32.5 Å². The Labute approximate surface area is 237 Å². The summed E-state index contributed by atoms with van der Waals surface area (Å²) < 4.78 is 85.0. The van der Waals surface area contributed by atoms with Crippen LogP contribution in [0.15, 0.2) is 66.7 Å². The Bertz CT molecular complexity index is 1500. The van der Waals surface area contributed by atoms with E-state index in [1.54, 1.807) is 42.5 Å². The van der Waals surface area contributed by atoms with Crippen molar-refractivity contribution in [3.05, 3.63) is 99.4 Å². The van der Waals surface area contributed by atoms with Gasteiger partial charge < -0.3 is 26.8 Å². The maximum atomic E-state index is 13.3. The predicted octanol–water partition coefficient (Wildman–Crippen LogP) is 3.04. The first-order chi connectivity index (χ1) is 19.8. The van der Waals surface area contributed by atoms with Gasteiger partial charge in [0.2, 0.25) is 0 Å². The molecule has 0 unspecified atom stereocenters. The highest BCUT2D eigenvalue weighted by Gasteiger charge is 2.37. The monoisotopic (exact) mass is 593 g/mol. The van der Waals surface area contributed by atoms with Crippen LogP contribution >= 0.6 is 0 Å². The lowest BCUT2D eigenvalue weighted by Gasteiger charge is -2.26. The number of nitrogens with two attached hydrogens (primary N) is 2. The molecule has 7 nitrogen and oxygen atoms in total. The van der Waals surface area contributed by atoms with E-state index in [2.05, 4.69) is 15.5 Å². The lowest BCUT2D eigenvalue weighted by atomic mass is 10.1. The van der Waals surface area contributed by atoms with Gasteiger partial charge in [-0.2, -0.15) is 26.3 Å². The number of benzene rings is 3. The first-order valence-corrected chi connectivity index (χ1v) is 12.9. The number of hydrogen-bond donors (Lipinski definition) is 4. The van der Waals surface area contributed by atoms with Gasteiger partial charge in [-0.1, -0.05) is 36.4 Å². The number of carbonyl (C=O) groups excluding carboxylic acids is 1. The number of nitrogens with one attached hydrogen (secondary N) is 2. The average molecular weight is 594 g/mol. The summed E-state index contributed by atoms with van der Waals surface area (Å²) in [6.07, 6.45) is -10.0. The Morgan fingerprint density at radius 3 is 1.93 bits per heavy atom. The van der Waals surface area contributed by atoms with Gasteiger partial charge in [-0.3, -0.25) is 9.69 Å². The van der Waals surface area contributed by atoms with Crippen molar-refractivity contribution in [2.75, 3.05) is 44.7 Å². The molecule has 1 aliphatic heterocycles. The molecule has 1 fully saturated rings. The topological polar surface area (TPSA) is 106 Å². The molecule has 3 aromatic rings. The smallest absolute Gasteiger partial charge is 0.398 e. The SMILES string of the molecule is N/C(c1ccc(C(=O)NCCN2CCOCC2)cc1)=c1/cccc/c1=C(/N)Nc1cc(C(F)(F)F)cc(C(F)(F)F)c1. The summed E-state index contributed by atoms with van der Waals surface area (Å²) in [6, 6.07) is 14.0. The summed E-state index contributed by atoms with van der Waals surface area (Å²) in [5.41, 5.74) is 10.3. The molecule has 1 aliphatic rings. The summed E-state index contributed by atoms with van der Waals surface area (Å²) in [5, 5.41) is 5.97. The zero-order valence-electron chi connectivity index (χ0n) is 22.3. The lowest BCUT2D eigenvalue weighted by Crippen LogP contribution is -2.41. The van der Waals surface area contributed by atoms with Crippen molar-refractivity contribution in [3.63, 3.8) is 0 Å². The Morgan fingerprint density at radius 1 is 0.810 bits per heavy atom. The molecule has 0 bridgehead atoms. The number of carbonyl (C=O) groups is 1. The number of nitrogens with zero attached hydrogens (tertiary/aromatic N) is 1. The lowest BCUT2D eigenvalue weighted by molar-refractivity contribution is -0.143. The minimum absolute atomic E-state index is 0.0368. The molecule has 0 radical (unpaired) electrons. The highest BCUT2D eigenvalue weighted by Crippen LogP contribution is 2.37. The first kappa shape index (κ1) is 30.7. The maximum absolute atomic E-state index is 13.3. The van der Waals surface area contributed by atoms with E-state index in [9.17, 15) is 31.1 Å². The summed E-state index contributed by atoms with van der Waals surface area (Å²) in [5.74, 6) is -0.466. The van der Waals surface area contributed by atoms with E-state index in [4.69, 9.17) is 16.2 Å². The van der Waals surface area contributed by atoms with Crippen molar-refractivity contribution in [1.29, 1.82) is 0 Å². The van der Waals surface area contributed by atoms with Gasteiger partial charge in [-0.05, 0) is 35.9 Å². The van der Waals surface area contributed by atoms with E-state index >= 15 is 0 Å². The van der Waals surface area contributed by atoms with Crippen LogP contribution in [-0.2, 0) is 17.1 Å². The number of rotatable bonds is 7. The molecule has 13 heteroatoms. The summed E-state index contributed by atoms with van der Waals surface area (Å²) in [7, 11) is 0. The largest absolute Gasteiger partial charge is 0.416 e. The molecule has 1 saturated heterocycles. The van der Waals surface area contributed by atoms with Gasteiger partial charge in [0.05, 0.1) is 24.3 Å².